The molecule has 0 amide bonds. The fourth-order valence-corrected chi connectivity index (χ4v) is 2.86. The van der Waals surface area contributed by atoms with E-state index in [-0.39, 0.29) is 5.41 Å². The zero-order valence-corrected chi connectivity index (χ0v) is 13.5. The van der Waals surface area contributed by atoms with Crippen LogP contribution in [0.1, 0.15) is 52.4 Å². The lowest BCUT2D eigenvalue weighted by molar-refractivity contribution is 0.543. The molecule has 0 radical (unpaired) electrons. The third kappa shape index (κ3) is 2.73. The van der Waals surface area contributed by atoms with Gasteiger partial charge < -0.3 is 10.3 Å². The summed E-state index contributed by atoms with van der Waals surface area (Å²) in [6, 6.07) is 0.511. The van der Waals surface area contributed by atoms with E-state index in [0.717, 1.165) is 29.6 Å². The number of nitrogens with one attached hydrogen (secondary N) is 1. The van der Waals surface area contributed by atoms with Crippen molar-refractivity contribution >= 4 is 11.6 Å². The quantitative estimate of drug-likeness (QED) is 0.642. The molecular formula is C15H27N5. The van der Waals surface area contributed by atoms with E-state index in [4.69, 9.17) is 10.8 Å². The maximum absolute atomic E-state index is 5.63. The van der Waals surface area contributed by atoms with E-state index in [9.17, 15) is 0 Å². The van der Waals surface area contributed by atoms with Gasteiger partial charge in [0.15, 0.2) is 0 Å². The molecule has 112 valence electrons. The van der Waals surface area contributed by atoms with E-state index in [1.165, 1.54) is 6.42 Å². The Balaban J connectivity index is 2.51. The Hall–Kier alpha value is -1.36. The van der Waals surface area contributed by atoms with E-state index in [1.807, 2.05) is 6.92 Å². The number of nitrogen functional groups attached to an aromatic ring is 1. The van der Waals surface area contributed by atoms with E-state index < -0.39 is 0 Å². The molecule has 1 fully saturated rings. The van der Waals surface area contributed by atoms with Crippen molar-refractivity contribution in [1.82, 2.24) is 9.97 Å². The molecule has 0 spiro atoms. The highest BCUT2D eigenvalue weighted by atomic mass is 15.3. The largest absolute Gasteiger partial charge is 0.353 e. The normalized spacial score (nSPS) is 23.2. The van der Waals surface area contributed by atoms with E-state index in [2.05, 4.69) is 49.9 Å². The lowest BCUT2D eigenvalue weighted by atomic mass is 9.95. The molecular weight excluding hydrogens is 250 g/mol. The maximum atomic E-state index is 5.63. The summed E-state index contributed by atoms with van der Waals surface area (Å²) in [4.78, 5) is 11.8. The van der Waals surface area contributed by atoms with Crippen LogP contribution in [0.4, 0.5) is 11.6 Å². The Morgan fingerprint density at radius 2 is 1.90 bits per heavy atom. The van der Waals surface area contributed by atoms with Crippen molar-refractivity contribution in [3.63, 3.8) is 0 Å². The summed E-state index contributed by atoms with van der Waals surface area (Å²) in [5.74, 6) is 8.92. The predicted molar refractivity (Wildman–Crippen MR) is 83.9 cm³/mol. The summed E-state index contributed by atoms with van der Waals surface area (Å²) in [6.07, 6.45) is 1.21. The molecule has 1 aromatic heterocycles. The molecule has 5 nitrogen and oxygen atoms in total. The van der Waals surface area contributed by atoms with E-state index >= 15 is 0 Å². The van der Waals surface area contributed by atoms with Gasteiger partial charge in [-0.05, 0) is 26.2 Å². The topological polar surface area (TPSA) is 67.1 Å². The minimum atomic E-state index is -0.0946. The average molecular weight is 277 g/mol. The Morgan fingerprint density at radius 3 is 2.35 bits per heavy atom. The van der Waals surface area contributed by atoms with Crippen molar-refractivity contribution in [2.24, 2.45) is 11.8 Å². The summed E-state index contributed by atoms with van der Waals surface area (Å²) in [6.45, 7) is 14.0. The van der Waals surface area contributed by atoms with Crippen molar-refractivity contribution in [3.8, 4) is 0 Å². The fraction of sp³-hybridized carbons (Fsp3) is 0.733. The molecule has 0 bridgehead atoms. The van der Waals surface area contributed by atoms with Crippen LogP contribution >= 0.6 is 0 Å². The van der Waals surface area contributed by atoms with Crippen LogP contribution < -0.4 is 16.2 Å². The Kier molecular flexibility index (Phi) is 3.91. The van der Waals surface area contributed by atoms with Crippen molar-refractivity contribution in [2.75, 3.05) is 16.9 Å². The van der Waals surface area contributed by atoms with Crippen LogP contribution in [0.3, 0.4) is 0 Å². The number of nitrogens with two attached hydrogens (primary N) is 1. The fourth-order valence-electron chi connectivity index (χ4n) is 2.86. The summed E-state index contributed by atoms with van der Waals surface area (Å²) in [5, 5.41) is 0. The highest BCUT2D eigenvalue weighted by Gasteiger charge is 2.30. The Labute approximate surface area is 121 Å². The zero-order chi connectivity index (χ0) is 15.1. The number of anilines is 2. The van der Waals surface area contributed by atoms with Crippen LogP contribution in [0.25, 0.3) is 0 Å². The molecule has 0 saturated carbocycles. The monoisotopic (exact) mass is 277 g/mol. The number of hydrazine groups is 1. The third-order valence-corrected chi connectivity index (χ3v) is 3.98. The summed E-state index contributed by atoms with van der Waals surface area (Å²) < 4.78 is 0. The molecule has 2 heterocycles. The SMILES string of the molecule is Cc1c(NN)nc(C(C)(C)C)nc1N1CC(C)CC1C. The third-order valence-electron chi connectivity index (χ3n) is 3.98. The first-order valence-corrected chi connectivity index (χ1v) is 7.36. The summed E-state index contributed by atoms with van der Waals surface area (Å²) in [7, 11) is 0. The lowest BCUT2D eigenvalue weighted by Crippen LogP contribution is -2.31. The van der Waals surface area contributed by atoms with Crippen LogP contribution in [0, 0.1) is 12.8 Å². The highest BCUT2D eigenvalue weighted by molar-refractivity contribution is 5.59. The van der Waals surface area contributed by atoms with Gasteiger partial charge in [-0.3, -0.25) is 0 Å². The van der Waals surface area contributed by atoms with Crippen LogP contribution in [-0.4, -0.2) is 22.6 Å². The number of nitrogens with zero attached hydrogens (tertiary/aromatic N) is 3. The predicted octanol–water partition coefficient (Wildman–Crippen LogP) is 2.60. The first-order chi connectivity index (χ1) is 9.24. The molecule has 20 heavy (non-hydrogen) atoms. The number of hydrogen-bond donors (Lipinski definition) is 2. The molecule has 1 saturated heterocycles. The van der Waals surface area contributed by atoms with Gasteiger partial charge in [-0.2, -0.15) is 0 Å². The highest BCUT2D eigenvalue weighted by Crippen LogP contribution is 2.33. The molecule has 0 aliphatic carbocycles. The first-order valence-electron chi connectivity index (χ1n) is 7.36. The van der Waals surface area contributed by atoms with Crippen molar-refractivity contribution in [1.29, 1.82) is 0 Å². The van der Waals surface area contributed by atoms with Crippen LogP contribution in [0.2, 0.25) is 0 Å². The van der Waals surface area contributed by atoms with Crippen LogP contribution in [0.5, 0.6) is 0 Å². The van der Waals surface area contributed by atoms with Gasteiger partial charge in [0.2, 0.25) is 0 Å². The summed E-state index contributed by atoms with van der Waals surface area (Å²) in [5.41, 5.74) is 3.65. The second-order valence-corrected chi connectivity index (χ2v) is 7.08. The van der Waals surface area contributed by atoms with Crippen LogP contribution in [0.15, 0.2) is 0 Å². The van der Waals surface area contributed by atoms with E-state index in [1.54, 1.807) is 0 Å². The Morgan fingerprint density at radius 1 is 1.25 bits per heavy atom. The summed E-state index contributed by atoms with van der Waals surface area (Å²) >= 11 is 0. The molecule has 5 heteroatoms. The van der Waals surface area contributed by atoms with Crippen LogP contribution in [-0.2, 0) is 5.41 Å². The molecule has 3 N–H and O–H groups in total. The maximum Gasteiger partial charge on any atom is 0.148 e. The van der Waals surface area contributed by atoms with Gasteiger partial charge in [0, 0.05) is 23.6 Å². The van der Waals surface area contributed by atoms with Crippen molar-refractivity contribution in [3.05, 3.63) is 11.4 Å². The molecule has 0 aromatic carbocycles. The minimum Gasteiger partial charge on any atom is -0.353 e. The lowest BCUT2D eigenvalue weighted by Gasteiger charge is -2.28. The number of aromatic nitrogens is 2. The van der Waals surface area contributed by atoms with Gasteiger partial charge in [-0.25, -0.2) is 15.8 Å². The molecule has 2 unspecified atom stereocenters. The smallest absolute Gasteiger partial charge is 0.148 e. The van der Waals surface area contributed by atoms with Gasteiger partial charge in [0.1, 0.15) is 17.5 Å². The molecule has 1 aliphatic heterocycles. The first kappa shape index (κ1) is 15.0. The second-order valence-electron chi connectivity index (χ2n) is 7.08. The average Bonchev–Trinajstić information content (AvgIpc) is 2.67. The molecule has 1 aliphatic rings. The van der Waals surface area contributed by atoms with Gasteiger partial charge in [-0.15, -0.1) is 0 Å². The van der Waals surface area contributed by atoms with Crippen molar-refractivity contribution in [2.45, 2.75) is 59.4 Å². The molecule has 2 rings (SSSR count). The van der Waals surface area contributed by atoms with Gasteiger partial charge in [0.05, 0.1) is 0 Å². The molecule has 2 atom stereocenters. The standard InChI is InChI=1S/C15H27N5/c1-9-7-10(2)20(8-9)13-11(3)12(19-16)17-14(18-13)15(4,5)6/h9-10H,7-8,16H2,1-6H3,(H,17,18,19). The Bertz CT molecular complexity index is 492. The minimum absolute atomic E-state index is 0.0946. The second kappa shape index (κ2) is 5.20. The number of rotatable bonds is 2. The van der Waals surface area contributed by atoms with E-state index in [0.29, 0.717) is 12.0 Å². The van der Waals surface area contributed by atoms with Gasteiger partial charge in [-0.1, -0.05) is 27.7 Å². The van der Waals surface area contributed by atoms with Gasteiger partial charge in [0.25, 0.3) is 0 Å². The number of hydrogen-bond acceptors (Lipinski definition) is 5. The zero-order valence-electron chi connectivity index (χ0n) is 13.5. The molecule has 1 aromatic rings. The van der Waals surface area contributed by atoms with Crippen molar-refractivity contribution < 1.29 is 0 Å². The van der Waals surface area contributed by atoms with Gasteiger partial charge >= 0.3 is 0 Å².